The average Bonchev–Trinajstić information content (AvgIpc) is 3.61. The summed E-state index contributed by atoms with van der Waals surface area (Å²) in [6.45, 7) is 9.77. The van der Waals surface area contributed by atoms with Gasteiger partial charge in [-0.2, -0.15) is 0 Å². The van der Waals surface area contributed by atoms with Crippen molar-refractivity contribution in [3.05, 3.63) is 99.6 Å². The molecule has 3 heterocycles. The zero-order valence-electron chi connectivity index (χ0n) is 35.1. The van der Waals surface area contributed by atoms with Gasteiger partial charge in [-0.15, -0.1) is 0 Å². The molecule has 1 saturated heterocycles. The van der Waals surface area contributed by atoms with Crippen LogP contribution < -0.4 is 36.9 Å². The van der Waals surface area contributed by atoms with Crippen LogP contribution in [0, 0.1) is 18.8 Å². The van der Waals surface area contributed by atoms with E-state index in [2.05, 4.69) is 36.6 Å². The second-order valence-corrected chi connectivity index (χ2v) is 16.1. The molecule has 320 valence electrons. The fourth-order valence-corrected chi connectivity index (χ4v) is 7.08. The first-order valence-corrected chi connectivity index (χ1v) is 20.2. The molecule has 6 amide bonds. The molecule has 0 unspecified atom stereocenters. The third-order valence-corrected chi connectivity index (χ3v) is 10.5. The normalized spacial score (nSPS) is 21.4. The summed E-state index contributed by atoms with van der Waals surface area (Å²) in [7, 11) is 1.53. The van der Waals surface area contributed by atoms with Gasteiger partial charge in [-0.25, -0.2) is 0 Å². The molecule has 7 N–H and O–H groups in total. The minimum Gasteiger partial charge on any atom is -0.497 e. The molecule has 4 aromatic rings. The highest BCUT2D eigenvalue weighted by atomic mass is 16.5. The third kappa shape index (κ3) is 11.6. The number of hydrogen-bond acceptors (Lipinski definition) is 8. The maximum absolute atomic E-state index is 14.4. The smallest absolute Gasteiger partial charge is 0.260 e. The topological polar surface area (TPSA) is 224 Å². The van der Waals surface area contributed by atoms with E-state index in [1.165, 1.54) is 20.1 Å². The second kappa shape index (κ2) is 20.0. The molecule has 0 radical (unpaired) electrons. The summed E-state index contributed by atoms with van der Waals surface area (Å²) in [4.78, 5) is 105. The van der Waals surface area contributed by atoms with Gasteiger partial charge in [-0.3, -0.25) is 33.6 Å². The van der Waals surface area contributed by atoms with E-state index >= 15 is 0 Å². The first-order valence-electron chi connectivity index (χ1n) is 20.2. The minimum atomic E-state index is -1.24. The first kappa shape index (κ1) is 44.6. The highest BCUT2D eigenvalue weighted by molar-refractivity contribution is 5.98. The van der Waals surface area contributed by atoms with E-state index in [9.17, 15) is 33.6 Å². The summed E-state index contributed by atoms with van der Waals surface area (Å²) in [6.07, 6.45) is 1.98. The lowest BCUT2D eigenvalue weighted by atomic mass is 9.99. The summed E-state index contributed by atoms with van der Waals surface area (Å²) in [6, 6.07) is 12.0. The predicted molar refractivity (Wildman–Crippen MR) is 226 cm³/mol. The van der Waals surface area contributed by atoms with Gasteiger partial charge < -0.3 is 46.2 Å². The number of nitrogens with zero attached hydrogens (tertiary/aromatic N) is 1. The number of nitrogens with one attached hydrogen (secondary N) is 7. The third-order valence-electron chi connectivity index (χ3n) is 10.5. The fourth-order valence-electron chi connectivity index (χ4n) is 7.08. The average molecular weight is 825 g/mol. The molecule has 0 aliphatic carbocycles. The van der Waals surface area contributed by atoms with Crippen LogP contribution in [0.3, 0.4) is 0 Å². The number of rotatable bonds is 9. The van der Waals surface area contributed by atoms with Gasteiger partial charge in [0.25, 0.3) is 11.5 Å². The van der Waals surface area contributed by atoms with Crippen molar-refractivity contribution in [1.29, 1.82) is 0 Å². The number of H-pyrrole nitrogens is 2. The van der Waals surface area contributed by atoms with Crippen molar-refractivity contribution < 1.29 is 33.5 Å². The SMILES string of the molecule is COc1ccc(C[C@@H]2NC(=O)[C@H](CC(C)C)NC(=O)[C@@H](Cc3c[nH]c4ccccc34)NC(=O)CN(C(=O)c3ccc(C)[nH]c3=O)C[C@H](C(C)C)NC(=O)[C@@H](C)NC2=O)cc1. The van der Waals surface area contributed by atoms with Crippen LogP contribution in [0.5, 0.6) is 5.75 Å². The van der Waals surface area contributed by atoms with Crippen LogP contribution >= 0.6 is 0 Å². The van der Waals surface area contributed by atoms with Crippen molar-refractivity contribution in [3.63, 3.8) is 0 Å². The summed E-state index contributed by atoms with van der Waals surface area (Å²) in [5.74, 6) is -3.79. The highest BCUT2D eigenvalue weighted by Crippen LogP contribution is 2.20. The van der Waals surface area contributed by atoms with Crippen molar-refractivity contribution >= 4 is 46.3 Å². The number of amides is 6. The van der Waals surface area contributed by atoms with Gasteiger partial charge in [-0.1, -0.05) is 58.0 Å². The minimum absolute atomic E-state index is 0.00818. The van der Waals surface area contributed by atoms with Crippen molar-refractivity contribution in [2.24, 2.45) is 11.8 Å². The maximum Gasteiger partial charge on any atom is 0.260 e. The number of pyridine rings is 1. The van der Waals surface area contributed by atoms with Crippen molar-refractivity contribution in [1.82, 2.24) is 41.5 Å². The van der Waals surface area contributed by atoms with Crippen molar-refractivity contribution in [2.75, 3.05) is 20.2 Å². The summed E-state index contributed by atoms with van der Waals surface area (Å²) >= 11 is 0. The van der Waals surface area contributed by atoms with Crippen molar-refractivity contribution in [3.8, 4) is 5.75 Å². The first-order chi connectivity index (χ1) is 28.5. The Labute approximate surface area is 349 Å². The Balaban J connectivity index is 1.57. The molecule has 2 aromatic carbocycles. The van der Waals surface area contributed by atoms with Gasteiger partial charge in [0.1, 0.15) is 35.5 Å². The number of aromatic nitrogens is 2. The lowest BCUT2D eigenvalue weighted by molar-refractivity contribution is -0.135. The van der Waals surface area contributed by atoms with E-state index in [0.29, 0.717) is 22.6 Å². The van der Waals surface area contributed by atoms with Crippen LogP contribution in [0.1, 0.15) is 68.2 Å². The number of para-hydroxylation sites is 1. The number of benzene rings is 2. The molecule has 0 saturated carbocycles. The van der Waals surface area contributed by atoms with Crippen LogP contribution in [0.2, 0.25) is 0 Å². The van der Waals surface area contributed by atoms with Gasteiger partial charge in [0.15, 0.2) is 0 Å². The van der Waals surface area contributed by atoms with Crippen LogP contribution in [-0.4, -0.2) is 101 Å². The molecule has 1 fully saturated rings. The van der Waals surface area contributed by atoms with Crippen molar-refractivity contribution in [2.45, 2.75) is 91.0 Å². The van der Waals surface area contributed by atoms with Crippen LogP contribution in [-0.2, 0) is 36.8 Å². The molecular weight excluding hydrogens is 769 g/mol. The Kier molecular flexibility index (Phi) is 14.9. The summed E-state index contributed by atoms with van der Waals surface area (Å²) < 4.78 is 5.28. The number of methoxy groups -OCH3 is 1. The van der Waals surface area contributed by atoms with Gasteiger partial charge in [0, 0.05) is 48.2 Å². The largest absolute Gasteiger partial charge is 0.497 e. The van der Waals surface area contributed by atoms with E-state index in [1.54, 1.807) is 43.5 Å². The number of ether oxygens (including phenoxy) is 1. The molecule has 5 atom stereocenters. The zero-order chi connectivity index (χ0) is 43.7. The second-order valence-electron chi connectivity index (χ2n) is 16.1. The molecule has 0 spiro atoms. The Morgan fingerprint density at radius 1 is 0.767 bits per heavy atom. The standard InChI is InChI=1S/C44H56N8O8/c1-24(2)18-34-42(57)50-35(19-28-13-15-30(60-7)16-14-28)41(56)47-27(6)39(54)51-37(25(3)4)22-52(44(59)32-17-12-26(5)46-40(32)55)23-38(53)48-36(43(58)49-34)20-29-21-45-33-11-9-8-10-31(29)33/h8-17,21,24-25,27,34-37,45H,18-20,22-23H2,1-7H3,(H,46,55)(H,47,56)(H,48,53)(H,49,58)(H,50,57)(H,51,54)/t27-,34+,35+,36-,37-/m1/s1. The molecule has 1 aliphatic heterocycles. The van der Waals surface area contributed by atoms with Gasteiger partial charge in [-0.05, 0) is 73.6 Å². The monoisotopic (exact) mass is 824 g/mol. The van der Waals surface area contributed by atoms with Gasteiger partial charge in [0.2, 0.25) is 29.5 Å². The van der Waals surface area contributed by atoms with Crippen LogP contribution in [0.25, 0.3) is 10.9 Å². The molecule has 1 aliphatic rings. The molecular formula is C44H56N8O8. The molecule has 16 heteroatoms. The molecule has 5 rings (SSSR count). The zero-order valence-corrected chi connectivity index (χ0v) is 35.1. The number of carbonyl (C=O) groups is 6. The lowest BCUT2D eigenvalue weighted by Gasteiger charge is -2.32. The van der Waals surface area contributed by atoms with E-state index in [0.717, 1.165) is 15.8 Å². The molecule has 2 aromatic heterocycles. The Bertz CT molecular complexity index is 2250. The van der Waals surface area contributed by atoms with Crippen LogP contribution in [0.15, 0.2) is 71.7 Å². The van der Waals surface area contributed by atoms with Gasteiger partial charge >= 0.3 is 0 Å². The maximum atomic E-state index is 14.4. The molecule has 0 bridgehead atoms. The number of fused-ring (bicyclic) bond motifs is 1. The Morgan fingerprint density at radius 3 is 2.08 bits per heavy atom. The molecule has 60 heavy (non-hydrogen) atoms. The quantitative estimate of drug-likeness (QED) is 0.132. The number of aryl methyl sites for hydroxylation is 1. The van der Waals surface area contributed by atoms with E-state index < -0.39 is 77.8 Å². The Hall–Kier alpha value is -6.45. The van der Waals surface area contributed by atoms with Gasteiger partial charge in [0.05, 0.1) is 13.7 Å². The van der Waals surface area contributed by atoms with Crippen LogP contribution in [0.4, 0.5) is 0 Å². The Morgan fingerprint density at radius 2 is 1.42 bits per heavy atom. The molecule has 16 nitrogen and oxygen atoms in total. The number of aromatic amines is 2. The van der Waals surface area contributed by atoms with E-state index in [-0.39, 0.29) is 43.2 Å². The fraction of sp³-hybridized carbons (Fsp3) is 0.432. The summed E-state index contributed by atoms with van der Waals surface area (Å²) in [5, 5.41) is 14.9. The predicted octanol–water partition coefficient (Wildman–Crippen LogP) is 2.26. The highest BCUT2D eigenvalue weighted by Gasteiger charge is 2.34. The number of carbonyl (C=O) groups excluding carboxylic acids is 6. The number of hydrogen-bond donors (Lipinski definition) is 7. The van der Waals surface area contributed by atoms with E-state index in [4.69, 9.17) is 4.74 Å². The lowest BCUT2D eigenvalue weighted by Crippen LogP contribution is -2.60. The van der Waals surface area contributed by atoms with E-state index in [1.807, 2.05) is 52.0 Å². The summed E-state index contributed by atoms with van der Waals surface area (Å²) in [5.41, 5.74) is 1.87.